The summed E-state index contributed by atoms with van der Waals surface area (Å²) in [6.07, 6.45) is 1.58. The van der Waals surface area contributed by atoms with Gasteiger partial charge in [0.25, 0.3) is 0 Å². The summed E-state index contributed by atoms with van der Waals surface area (Å²) >= 11 is 1.16. The fraction of sp³-hybridized carbons (Fsp3) is 0.526. The van der Waals surface area contributed by atoms with E-state index in [-0.39, 0.29) is 35.5 Å². The molecule has 11 nitrogen and oxygen atoms in total. The molecule has 2 aromatic carbocycles. The molecule has 6 atom stereocenters. The zero-order chi connectivity index (χ0) is 36.7. The average molecular weight is 718 g/mol. The van der Waals surface area contributed by atoms with E-state index in [0.29, 0.717) is 35.3 Å². The lowest BCUT2D eigenvalue weighted by Crippen LogP contribution is -2.65. The summed E-state index contributed by atoms with van der Waals surface area (Å²) in [5.74, 6) is 0.0586. The molecule has 2 unspecified atom stereocenters. The number of esters is 1. The van der Waals surface area contributed by atoms with Gasteiger partial charge in [-0.25, -0.2) is 14.6 Å². The molecule has 13 heteroatoms. The molecule has 1 saturated heterocycles. The van der Waals surface area contributed by atoms with Gasteiger partial charge in [0, 0.05) is 17.6 Å². The number of nitrogens with two attached hydrogens (primary N) is 1. The van der Waals surface area contributed by atoms with Crippen LogP contribution in [0.1, 0.15) is 94.0 Å². The number of nitrogens with one attached hydrogen (secondary N) is 1. The molecule has 0 spiro atoms. The zero-order valence-corrected chi connectivity index (χ0v) is 31.2. The van der Waals surface area contributed by atoms with Crippen molar-refractivity contribution >= 4 is 41.4 Å². The summed E-state index contributed by atoms with van der Waals surface area (Å²) in [6, 6.07) is 13.6. The van der Waals surface area contributed by atoms with Crippen LogP contribution in [0.3, 0.4) is 0 Å². The molecule has 2 heterocycles. The highest BCUT2D eigenvalue weighted by Gasteiger charge is 2.68. The van der Waals surface area contributed by atoms with E-state index < -0.39 is 42.2 Å². The van der Waals surface area contributed by atoms with E-state index in [2.05, 4.69) is 31.1 Å². The number of thiazole rings is 1. The molecule has 1 aliphatic heterocycles. The topological polar surface area (TPSA) is 148 Å². The van der Waals surface area contributed by atoms with Crippen molar-refractivity contribution in [1.82, 2.24) is 4.98 Å². The highest BCUT2D eigenvalue weighted by Crippen LogP contribution is 2.66. The molecule has 3 N–H and O–H groups in total. The number of carbonyl (C=O) groups is 3. The normalized spacial score (nSPS) is 24.5. The number of hydrogen-bond acceptors (Lipinski definition) is 11. The number of para-hydroxylation sites is 1. The van der Waals surface area contributed by atoms with Crippen molar-refractivity contribution in [2.45, 2.75) is 103 Å². The molecule has 4 aliphatic rings. The molecule has 2 bridgehead atoms. The predicted molar refractivity (Wildman–Crippen MR) is 195 cm³/mol. The second-order valence-corrected chi connectivity index (χ2v) is 16.6. The standard InChI is InChI=1S/C38H48BN3O8S/c1-36(2,3)48-33(44)26-15-11-14-23(32(26)46-7)16-25(39-49-30-18-24-17-29(37(24,4)5)38(30,6)50-39)19-28(43)31(40)27-21-51-34(41-27)42-35(45)47-20-22-12-9-8-10-13-22/h8-15,21,24-25,29-31H,16-20,40H2,1-7H3,(H,41,42,45)/t24-,25+,29-,30?,31?,38-/m0/s1. The molecule has 3 saturated carbocycles. The number of carbonyl (C=O) groups excluding carboxylic acids is 3. The first-order valence-electron chi connectivity index (χ1n) is 17.5. The second-order valence-electron chi connectivity index (χ2n) is 15.7. The third-order valence-electron chi connectivity index (χ3n) is 10.8. The average Bonchev–Trinajstić information content (AvgIpc) is 3.70. The SMILES string of the molecule is COc1c(C[C@H](CC(=O)C(N)c2csc(NC(=O)OCc3ccccc3)n2)B2OC3C[C@@H]4C[C@@H](C4(C)C)[C@]3(C)O2)cccc1C(=O)OC(C)(C)C. The highest BCUT2D eigenvalue weighted by atomic mass is 32.1. The van der Waals surface area contributed by atoms with Gasteiger partial charge in [-0.2, -0.15) is 0 Å². The molecule has 0 radical (unpaired) electrons. The summed E-state index contributed by atoms with van der Waals surface area (Å²) in [4.78, 5) is 44.0. The van der Waals surface area contributed by atoms with Crippen molar-refractivity contribution < 1.29 is 37.9 Å². The molecular formula is C38H48BN3O8S. The summed E-state index contributed by atoms with van der Waals surface area (Å²) < 4.78 is 30.3. The first kappa shape index (κ1) is 37.0. The van der Waals surface area contributed by atoms with Crippen LogP contribution in [-0.2, 0) is 36.6 Å². The Morgan fingerprint density at radius 2 is 1.84 bits per heavy atom. The molecule has 1 aromatic heterocycles. The Kier molecular flexibility index (Phi) is 10.4. The Morgan fingerprint density at radius 1 is 1.10 bits per heavy atom. The molecule has 7 rings (SSSR count). The maximum Gasteiger partial charge on any atom is 0.461 e. The monoisotopic (exact) mass is 717 g/mol. The summed E-state index contributed by atoms with van der Waals surface area (Å²) in [7, 11) is 0.829. The number of amides is 1. The van der Waals surface area contributed by atoms with E-state index in [0.717, 1.165) is 35.3 Å². The molecule has 1 amide bonds. The third-order valence-corrected chi connectivity index (χ3v) is 11.6. The van der Waals surface area contributed by atoms with Crippen LogP contribution in [0.4, 0.5) is 9.93 Å². The number of methoxy groups -OCH3 is 1. The van der Waals surface area contributed by atoms with Crippen molar-refractivity contribution in [3.05, 3.63) is 76.3 Å². The Balaban J connectivity index is 1.20. The number of Topliss-reactive ketones (excluding diaryl/α,β-unsaturated/α-hetero) is 1. The van der Waals surface area contributed by atoms with Gasteiger partial charge in [0.05, 0.1) is 24.5 Å². The largest absolute Gasteiger partial charge is 0.496 e. The van der Waals surface area contributed by atoms with E-state index in [1.54, 1.807) is 17.5 Å². The first-order chi connectivity index (χ1) is 24.1. The number of anilines is 1. The van der Waals surface area contributed by atoms with Crippen LogP contribution in [0.2, 0.25) is 5.82 Å². The van der Waals surface area contributed by atoms with Crippen LogP contribution in [0.5, 0.6) is 5.75 Å². The smallest absolute Gasteiger partial charge is 0.461 e. The van der Waals surface area contributed by atoms with Crippen molar-refractivity contribution in [2.24, 2.45) is 23.0 Å². The Morgan fingerprint density at radius 3 is 2.53 bits per heavy atom. The fourth-order valence-electron chi connectivity index (χ4n) is 8.01. The molecule has 3 aliphatic carbocycles. The first-order valence-corrected chi connectivity index (χ1v) is 18.4. The quantitative estimate of drug-likeness (QED) is 0.146. The van der Waals surface area contributed by atoms with E-state index in [9.17, 15) is 14.4 Å². The number of nitrogens with zero attached hydrogens (tertiary/aromatic N) is 1. The van der Waals surface area contributed by atoms with Gasteiger partial charge in [0.2, 0.25) is 0 Å². The maximum absolute atomic E-state index is 14.0. The van der Waals surface area contributed by atoms with E-state index >= 15 is 0 Å². The predicted octanol–water partition coefficient (Wildman–Crippen LogP) is 7.16. The van der Waals surface area contributed by atoms with Crippen LogP contribution >= 0.6 is 11.3 Å². The van der Waals surface area contributed by atoms with E-state index in [1.165, 1.54) is 7.11 Å². The Hall–Kier alpha value is -3.78. The van der Waals surface area contributed by atoms with Crippen LogP contribution in [-0.4, -0.2) is 54.4 Å². The second kappa shape index (κ2) is 14.3. The lowest BCUT2D eigenvalue weighted by molar-refractivity contribution is -0.199. The number of hydrogen-bond donors (Lipinski definition) is 2. The van der Waals surface area contributed by atoms with E-state index in [4.69, 9.17) is 29.3 Å². The lowest BCUT2D eigenvalue weighted by Gasteiger charge is -2.64. The van der Waals surface area contributed by atoms with Crippen LogP contribution in [0.15, 0.2) is 53.9 Å². The zero-order valence-electron chi connectivity index (χ0n) is 30.4. The summed E-state index contributed by atoms with van der Waals surface area (Å²) in [5, 5.41) is 4.55. The number of benzene rings is 2. The maximum atomic E-state index is 14.0. The number of ketones is 1. The molecule has 51 heavy (non-hydrogen) atoms. The third kappa shape index (κ3) is 7.72. The van der Waals surface area contributed by atoms with Crippen molar-refractivity contribution in [2.75, 3.05) is 12.4 Å². The van der Waals surface area contributed by atoms with Crippen molar-refractivity contribution in [3.8, 4) is 5.75 Å². The van der Waals surface area contributed by atoms with Crippen LogP contribution < -0.4 is 15.8 Å². The lowest BCUT2D eigenvalue weighted by atomic mass is 9.43. The molecule has 272 valence electrons. The minimum absolute atomic E-state index is 0.0192. The Bertz CT molecular complexity index is 1760. The van der Waals surface area contributed by atoms with Gasteiger partial charge in [0.1, 0.15) is 29.6 Å². The van der Waals surface area contributed by atoms with Gasteiger partial charge in [0.15, 0.2) is 10.9 Å². The van der Waals surface area contributed by atoms with Crippen molar-refractivity contribution in [3.63, 3.8) is 0 Å². The van der Waals surface area contributed by atoms with Crippen LogP contribution in [0.25, 0.3) is 0 Å². The van der Waals surface area contributed by atoms with Crippen LogP contribution in [0, 0.1) is 17.3 Å². The van der Waals surface area contributed by atoms with Gasteiger partial charge in [-0.1, -0.05) is 56.3 Å². The van der Waals surface area contributed by atoms with Gasteiger partial charge in [-0.05, 0) is 81.4 Å². The summed E-state index contributed by atoms with van der Waals surface area (Å²) in [6.45, 7) is 12.3. The number of ether oxygens (including phenoxy) is 3. The molecule has 3 aromatic rings. The summed E-state index contributed by atoms with van der Waals surface area (Å²) in [5.41, 5.74) is 7.70. The van der Waals surface area contributed by atoms with Gasteiger partial charge >= 0.3 is 19.2 Å². The highest BCUT2D eigenvalue weighted by molar-refractivity contribution is 7.13. The van der Waals surface area contributed by atoms with Gasteiger partial charge in [-0.3, -0.25) is 10.1 Å². The minimum atomic E-state index is -1.05. The fourth-order valence-corrected chi connectivity index (χ4v) is 8.74. The number of rotatable bonds is 12. The molecule has 4 fully saturated rings. The van der Waals surface area contributed by atoms with Gasteiger partial charge in [-0.15, -0.1) is 11.3 Å². The van der Waals surface area contributed by atoms with Crippen molar-refractivity contribution in [1.29, 1.82) is 0 Å². The molecular weight excluding hydrogens is 669 g/mol. The van der Waals surface area contributed by atoms with E-state index in [1.807, 2.05) is 57.2 Å². The Labute approximate surface area is 304 Å². The number of aromatic nitrogens is 1. The van der Waals surface area contributed by atoms with Gasteiger partial charge < -0.3 is 29.3 Å². The minimum Gasteiger partial charge on any atom is -0.496 e.